The van der Waals surface area contributed by atoms with Crippen LogP contribution >= 0.6 is 0 Å². The Morgan fingerprint density at radius 2 is 1.30 bits per heavy atom. The van der Waals surface area contributed by atoms with Gasteiger partial charge in [-0.3, -0.25) is 9.59 Å². The fraction of sp³-hybridized carbons (Fsp3) is 0.462. The maximum atomic E-state index is 13.0. The van der Waals surface area contributed by atoms with Gasteiger partial charge in [0, 0.05) is 47.8 Å². The van der Waals surface area contributed by atoms with Gasteiger partial charge in [0.05, 0.1) is 5.56 Å². The summed E-state index contributed by atoms with van der Waals surface area (Å²) in [6.07, 6.45) is 19.4. The highest BCUT2D eigenvalue weighted by Gasteiger charge is 2.23. The van der Waals surface area contributed by atoms with Gasteiger partial charge in [-0.25, -0.2) is 4.79 Å². The number of carboxylic acid groups (broad SMARTS) is 1. The van der Waals surface area contributed by atoms with Gasteiger partial charge < -0.3 is 19.5 Å². The van der Waals surface area contributed by atoms with Crippen molar-refractivity contribution in [3.8, 4) is 28.2 Å². The highest BCUT2D eigenvalue weighted by molar-refractivity contribution is 6.08. The van der Waals surface area contributed by atoms with Gasteiger partial charge in [0.2, 0.25) is 5.91 Å². The molecule has 46 heavy (non-hydrogen) atoms. The molecule has 7 nitrogen and oxygen atoms in total. The molecule has 4 rings (SSSR count). The number of nitrogens with zero attached hydrogens (tertiary/aromatic N) is 1. The number of hydrogen-bond acceptors (Lipinski definition) is 5. The molecule has 1 aliphatic carbocycles. The van der Waals surface area contributed by atoms with Gasteiger partial charge in [0.25, 0.3) is 0 Å². The van der Waals surface area contributed by atoms with E-state index in [2.05, 4.69) is 6.92 Å². The van der Waals surface area contributed by atoms with Crippen molar-refractivity contribution in [3.63, 3.8) is 0 Å². The number of carbonyl (C=O) groups is 2. The van der Waals surface area contributed by atoms with Crippen LogP contribution in [-0.4, -0.2) is 29.1 Å². The van der Waals surface area contributed by atoms with Crippen molar-refractivity contribution in [1.29, 1.82) is 0 Å². The molecule has 246 valence electrons. The first-order valence-electron chi connectivity index (χ1n) is 17.1. The largest absolute Gasteiger partial charge is 0.508 e. The number of phenolic OH excluding ortho intramolecular Hbond substituents is 1. The fourth-order valence-corrected chi connectivity index (χ4v) is 6.24. The molecule has 0 fully saturated rings. The molecular weight excluding hydrogens is 578 g/mol. The third-order valence-electron chi connectivity index (χ3n) is 8.94. The third-order valence-corrected chi connectivity index (χ3v) is 8.94. The molecular formula is C39H49NO6. The first kappa shape index (κ1) is 34.7. The number of unbranched alkanes of at least 4 members (excludes halogenated alkanes) is 14. The molecule has 2 aromatic carbocycles. The normalized spacial score (nSPS) is 11.3. The summed E-state index contributed by atoms with van der Waals surface area (Å²) in [4.78, 5) is 39.2. The fourth-order valence-electron chi connectivity index (χ4n) is 6.24. The minimum atomic E-state index is -1.14. The summed E-state index contributed by atoms with van der Waals surface area (Å²) in [7, 11) is 1.68. The monoisotopic (exact) mass is 627 g/mol. The van der Waals surface area contributed by atoms with Crippen LogP contribution in [0.1, 0.15) is 120 Å². The SMILES string of the molecule is CCCCCCCCCCCCCCCCCC(=O)N(C)c1ccc(-c2c3ccc(=O)cc-3oc3cc(O)ccc23)c(C(=O)O)c1. The Morgan fingerprint density at radius 3 is 1.91 bits per heavy atom. The summed E-state index contributed by atoms with van der Waals surface area (Å²) < 4.78 is 5.91. The number of amides is 1. The van der Waals surface area contributed by atoms with Crippen molar-refractivity contribution in [2.45, 2.75) is 110 Å². The number of benzene rings is 3. The predicted octanol–water partition coefficient (Wildman–Crippen LogP) is 10.2. The van der Waals surface area contributed by atoms with E-state index in [1.54, 1.807) is 31.3 Å². The average molecular weight is 628 g/mol. The van der Waals surface area contributed by atoms with E-state index in [4.69, 9.17) is 4.42 Å². The lowest BCUT2D eigenvalue weighted by atomic mass is 9.90. The van der Waals surface area contributed by atoms with Crippen LogP contribution in [0.25, 0.3) is 33.4 Å². The van der Waals surface area contributed by atoms with Gasteiger partial charge in [0.1, 0.15) is 17.1 Å². The van der Waals surface area contributed by atoms with Crippen molar-refractivity contribution in [2.75, 3.05) is 11.9 Å². The molecule has 1 amide bonds. The smallest absolute Gasteiger partial charge is 0.336 e. The Labute approximate surface area is 272 Å². The maximum absolute atomic E-state index is 13.0. The minimum absolute atomic E-state index is 0.0112. The second kappa shape index (κ2) is 17.5. The van der Waals surface area contributed by atoms with E-state index in [1.807, 2.05) is 0 Å². The molecule has 0 bridgehead atoms. The van der Waals surface area contributed by atoms with E-state index >= 15 is 0 Å². The highest BCUT2D eigenvalue weighted by atomic mass is 16.4. The van der Waals surface area contributed by atoms with E-state index in [1.165, 1.54) is 112 Å². The molecule has 0 aromatic heterocycles. The Morgan fingerprint density at radius 1 is 0.717 bits per heavy atom. The lowest BCUT2D eigenvalue weighted by Gasteiger charge is -2.21. The molecule has 0 saturated heterocycles. The maximum Gasteiger partial charge on any atom is 0.336 e. The molecule has 0 atom stereocenters. The van der Waals surface area contributed by atoms with Crippen LogP contribution in [0.4, 0.5) is 5.69 Å². The Kier molecular flexibility index (Phi) is 13.2. The zero-order valence-electron chi connectivity index (χ0n) is 27.5. The van der Waals surface area contributed by atoms with Gasteiger partial charge >= 0.3 is 5.97 Å². The predicted molar refractivity (Wildman–Crippen MR) is 186 cm³/mol. The van der Waals surface area contributed by atoms with Crippen LogP contribution in [0, 0.1) is 0 Å². The number of carbonyl (C=O) groups excluding carboxylic acids is 1. The number of anilines is 1. The van der Waals surface area contributed by atoms with Crippen molar-refractivity contribution in [2.24, 2.45) is 0 Å². The summed E-state index contributed by atoms with van der Waals surface area (Å²) in [6.45, 7) is 2.26. The second-order valence-corrected chi connectivity index (χ2v) is 12.5. The van der Waals surface area contributed by atoms with Gasteiger partial charge in [0.15, 0.2) is 5.43 Å². The van der Waals surface area contributed by atoms with Gasteiger partial charge in [-0.2, -0.15) is 0 Å². The van der Waals surface area contributed by atoms with Crippen LogP contribution in [-0.2, 0) is 4.79 Å². The van der Waals surface area contributed by atoms with Crippen LogP contribution in [0.3, 0.4) is 0 Å². The van der Waals surface area contributed by atoms with Gasteiger partial charge in [-0.05, 0) is 48.4 Å². The minimum Gasteiger partial charge on any atom is -0.508 e. The van der Waals surface area contributed by atoms with E-state index in [0.717, 1.165) is 19.3 Å². The lowest BCUT2D eigenvalue weighted by molar-refractivity contribution is -0.118. The van der Waals surface area contributed by atoms with Crippen LogP contribution in [0.2, 0.25) is 0 Å². The summed E-state index contributed by atoms with van der Waals surface area (Å²) in [6, 6.07) is 14.0. The molecule has 0 unspecified atom stereocenters. The molecule has 1 aliphatic heterocycles. The zero-order valence-corrected chi connectivity index (χ0v) is 27.5. The number of fused-ring (bicyclic) bond motifs is 2. The summed E-state index contributed by atoms with van der Waals surface area (Å²) in [5.41, 5.74) is 2.18. The molecule has 7 heteroatoms. The van der Waals surface area contributed by atoms with E-state index < -0.39 is 5.97 Å². The Balaban J connectivity index is 1.31. The first-order chi connectivity index (χ1) is 22.3. The van der Waals surface area contributed by atoms with Crippen molar-refractivity contribution in [1.82, 2.24) is 0 Å². The lowest BCUT2D eigenvalue weighted by Crippen LogP contribution is -2.26. The number of hydrogen-bond donors (Lipinski definition) is 2. The zero-order chi connectivity index (χ0) is 32.9. The molecule has 2 aromatic rings. The summed E-state index contributed by atoms with van der Waals surface area (Å²) in [5.74, 6) is -0.910. The average Bonchev–Trinajstić information content (AvgIpc) is 3.04. The number of phenols is 1. The molecule has 0 radical (unpaired) electrons. The second-order valence-electron chi connectivity index (χ2n) is 12.5. The van der Waals surface area contributed by atoms with E-state index in [0.29, 0.717) is 39.8 Å². The molecule has 2 N–H and O–H groups in total. The Hall–Kier alpha value is -4.13. The van der Waals surface area contributed by atoms with Crippen molar-refractivity contribution < 1.29 is 24.2 Å². The Bertz CT molecular complexity index is 1620. The third kappa shape index (κ3) is 9.44. The molecule has 1 heterocycles. The molecule has 0 saturated carbocycles. The van der Waals surface area contributed by atoms with Gasteiger partial charge in [-0.1, -0.05) is 103 Å². The van der Waals surface area contributed by atoms with E-state index in [9.17, 15) is 24.6 Å². The number of aromatic hydroxyl groups is 1. The van der Waals surface area contributed by atoms with Crippen molar-refractivity contribution in [3.05, 3.63) is 70.4 Å². The van der Waals surface area contributed by atoms with Gasteiger partial charge in [-0.15, -0.1) is 0 Å². The highest BCUT2D eigenvalue weighted by Crippen LogP contribution is 2.42. The van der Waals surface area contributed by atoms with E-state index in [-0.39, 0.29) is 28.4 Å². The molecule has 0 spiro atoms. The van der Waals surface area contributed by atoms with Crippen molar-refractivity contribution >= 4 is 28.5 Å². The summed E-state index contributed by atoms with van der Waals surface area (Å²) >= 11 is 0. The first-order valence-corrected chi connectivity index (χ1v) is 17.1. The number of carboxylic acids is 1. The number of rotatable bonds is 19. The topological polar surface area (TPSA) is 108 Å². The molecule has 2 aliphatic rings. The standard InChI is InChI=1S/C39H49NO6/c1-3-4-5-6-7-8-9-10-11-12-13-14-15-16-17-18-37(43)40(2)28-19-22-31(34(25-28)39(44)45)38-32-23-20-29(41)26-35(32)46-36-27-30(42)21-24-33(36)38/h19-27,41H,3-18H2,1-2H3,(H,44,45). The number of aromatic carboxylic acids is 1. The quantitative estimate of drug-likeness (QED) is 0.0791. The van der Waals surface area contributed by atoms with Crippen LogP contribution in [0.5, 0.6) is 5.75 Å². The summed E-state index contributed by atoms with van der Waals surface area (Å²) in [5, 5.41) is 20.9. The van der Waals surface area contributed by atoms with Crippen LogP contribution < -0.4 is 10.3 Å². The van der Waals surface area contributed by atoms with Crippen LogP contribution in [0.15, 0.2) is 63.8 Å².